The number of rotatable bonds is 4. The van der Waals surface area contributed by atoms with Crippen LogP contribution in [0.15, 0.2) is 84.6 Å². The SMILES string of the molecule is O=C(Oc1ccc2c(c1)OC(=CC=Cc1ccccc1)C2=O)c1ccc2c(c1)OCO2. The number of carbonyl (C=O) groups excluding carboxylic acids is 2. The third kappa shape index (κ3) is 3.79. The van der Waals surface area contributed by atoms with Crippen LogP contribution in [-0.4, -0.2) is 18.5 Å². The second-order valence-corrected chi connectivity index (χ2v) is 6.85. The minimum absolute atomic E-state index is 0.125. The number of hydrogen-bond donors (Lipinski definition) is 0. The van der Waals surface area contributed by atoms with Crippen molar-refractivity contribution in [1.82, 2.24) is 0 Å². The van der Waals surface area contributed by atoms with Gasteiger partial charge in [0.1, 0.15) is 11.5 Å². The van der Waals surface area contributed by atoms with Gasteiger partial charge >= 0.3 is 5.97 Å². The van der Waals surface area contributed by atoms with E-state index in [4.69, 9.17) is 18.9 Å². The molecule has 152 valence electrons. The number of allylic oxidation sites excluding steroid dienone is 3. The van der Waals surface area contributed by atoms with Crippen LogP contribution in [-0.2, 0) is 0 Å². The lowest BCUT2D eigenvalue weighted by Gasteiger charge is -2.06. The van der Waals surface area contributed by atoms with E-state index in [0.717, 1.165) is 5.56 Å². The largest absolute Gasteiger partial charge is 0.454 e. The molecular weight excluding hydrogens is 396 g/mol. The topological polar surface area (TPSA) is 71.1 Å². The Bertz CT molecular complexity index is 1240. The van der Waals surface area contributed by atoms with Crippen molar-refractivity contribution < 1.29 is 28.5 Å². The van der Waals surface area contributed by atoms with Gasteiger partial charge in [-0.05, 0) is 42.0 Å². The lowest BCUT2D eigenvalue weighted by atomic mass is 10.1. The van der Waals surface area contributed by atoms with Gasteiger partial charge in [-0.1, -0.05) is 42.5 Å². The maximum atomic E-state index is 12.5. The minimum atomic E-state index is -0.552. The predicted octanol–water partition coefficient (Wildman–Crippen LogP) is 4.81. The van der Waals surface area contributed by atoms with Crippen LogP contribution in [0.25, 0.3) is 6.08 Å². The summed E-state index contributed by atoms with van der Waals surface area (Å²) in [7, 11) is 0. The van der Waals surface area contributed by atoms with Crippen LogP contribution in [0.4, 0.5) is 0 Å². The second-order valence-electron chi connectivity index (χ2n) is 6.85. The van der Waals surface area contributed by atoms with Gasteiger partial charge in [0.25, 0.3) is 0 Å². The molecule has 31 heavy (non-hydrogen) atoms. The van der Waals surface area contributed by atoms with Crippen molar-refractivity contribution in [2.75, 3.05) is 6.79 Å². The highest BCUT2D eigenvalue weighted by Gasteiger charge is 2.27. The Morgan fingerprint density at radius 2 is 1.74 bits per heavy atom. The minimum Gasteiger partial charge on any atom is -0.454 e. The van der Waals surface area contributed by atoms with Gasteiger partial charge in [0.15, 0.2) is 17.3 Å². The molecule has 0 saturated carbocycles. The van der Waals surface area contributed by atoms with Gasteiger partial charge in [-0.2, -0.15) is 0 Å². The molecule has 0 aliphatic carbocycles. The fraction of sp³-hybridized carbons (Fsp3) is 0.0400. The molecule has 5 rings (SSSR count). The Balaban J connectivity index is 1.30. The van der Waals surface area contributed by atoms with Gasteiger partial charge in [-0.25, -0.2) is 4.79 Å². The summed E-state index contributed by atoms with van der Waals surface area (Å²) >= 11 is 0. The first-order chi connectivity index (χ1) is 15.2. The van der Waals surface area contributed by atoms with E-state index in [1.165, 1.54) is 6.07 Å². The average Bonchev–Trinajstić information content (AvgIpc) is 3.38. The van der Waals surface area contributed by atoms with Crippen LogP contribution in [0.2, 0.25) is 0 Å². The van der Waals surface area contributed by atoms with Crippen molar-refractivity contribution in [3.05, 3.63) is 101 Å². The normalized spacial score (nSPS) is 15.2. The molecule has 2 heterocycles. The fourth-order valence-corrected chi connectivity index (χ4v) is 3.25. The molecule has 2 aliphatic heterocycles. The van der Waals surface area contributed by atoms with Crippen LogP contribution in [0.3, 0.4) is 0 Å². The van der Waals surface area contributed by atoms with Gasteiger partial charge < -0.3 is 18.9 Å². The van der Waals surface area contributed by atoms with Crippen LogP contribution in [0.1, 0.15) is 26.3 Å². The third-order valence-electron chi connectivity index (χ3n) is 4.80. The molecule has 3 aromatic rings. The smallest absolute Gasteiger partial charge is 0.343 e. The van der Waals surface area contributed by atoms with Crippen molar-refractivity contribution in [2.45, 2.75) is 0 Å². The van der Waals surface area contributed by atoms with Gasteiger partial charge in [-0.15, -0.1) is 0 Å². The molecule has 0 amide bonds. The Kier molecular flexibility index (Phi) is 4.72. The molecule has 0 radical (unpaired) electrons. The Morgan fingerprint density at radius 1 is 0.903 bits per heavy atom. The highest BCUT2D eigenvalue weighted by atomic mass is 16.7. The zero-order valence-electron chi connectivity index (χ0n) is 16.2. The summed E-state index contributed by atoms with van der Waals surface area (Å²) in [6.07, 6.45) is 5.26. The summed E-state index contributed by atoms with van der Waals surface area (Å²) in [5.74, 6) is 1.14. The van der Waals surface area contributed by atoms with E-state index in [1.807, 2.05) is 36.4 Å². The Labute approximate surface area is 177 Å². The van der Waals surface area contributed by atoms with E-state index >= 15 is 0 Å². The van der Waals surface area contributed by atoms with E-state index in [9.17, 15) is 9.59 Å². The molecular formula is C25H16O6. The predicted molar refractivity (Wildman–Crippen MR) is 112 cm³/mol. The molecule has 6 heteroatoms. The molecule has 0 fully saturated rings. The number of ketones is 1. The van der Waals surface area contributed by atoms with Crippen LogP contribution in [0.5, 0.6) is 23.0 Å². The monoisotopic (exact) mass is 412 g/mol. The van der Waals surface area contributed by atoms with Gasteiger partial charge in [0, 0.05) is 6.07 Å². The molecule has 3 aromatic carbocycles. The summed E-state index contributed by atoms with van der Waals surface area (Å²) in [5.41, 5.74) is 1.76. The maximum Gasteiger partial charge on any atom is 0.343 e. The van der Waals surface area contributed by atoms with Crippen LogP contribution in [0, 0.1) is 0 Å². The van der Waals surface area contributed by atoms with Crippen LogP contribution >= 0.6 is 0 Å². The molecule has 0 unspecified atom stereocenters. The van der Waals surface area contributed by atoms with Gasteiger partial charge in [0.2, 0.25) is 12.6 Å². The van der Waals surface area contributed by atoms with E-state index < -0.39 is 5.97 Å². The number of carbonyl (C=O) groups is 2. The highest BCUT2D eigenvalue weighted by molar-refractivity contribution is 6.12. The molecule has 2 aliphatic rings. The van der Waals surface area contributed by atoms with Crippen molar-refractivity contribution in [1.29, 1.82) is 0 Å². The van der Waals surface area contributed by atoms with Crippen LogP contribution < -0.4 is 18.9 Å². The summed E-state index contributed by atoms with van der Waals surface area (Å²) in [4.78, 5) is 25.0. The van der Waals surface area contributed by atoms with Crippen molar-refractivity contribution in [3.8, 4) is 23.0 Å². The number of ether oxygens (including phenoxy) is 4. The molecule has 6 nitrogen and oxygen atoms in total. The van der Waals surface area contributed by atoms with E-state index in [-0.39, 0.29) is 24.1 Å². The van der Waals surface area contributed by atoms with E-state index in [2.05, 4.69) is 0 Å². The summed E-state index contributed by atoms with van der Waals surface area (Å²) < 4.78 is 21.6. The lowest BCUT2D eigenvalue weighted by Crippen LogP contribution is -2.08. The molecule has 0 atom stereocenters. The lowest BCUT2D eigenvalue weighted by molar-refractivity contribution is 0.0734. The second kappa shape index (κ2) is 7.84. The van der Waals surface area contributed by atoms with E-state index in [1.54, 1.807) is 42.5 Å². The molecule has 0 N–H and O–H groups in total. The highest BCUT2D eigenvalue weighted by Crippen LogP contribution is 2.35. The molecule has 0 saturated heterocycles. The first-order valence-electron chi connectivity index (χ1n) is 9.59. The summed E-state index contributed by atoms with van der Waals surface area (Å²) in [5, 5.41) is 0. The standard InChI is InChI=1S/C25H16O6/c26-24-19-11-10-18(30-25(27)17-9-12-20-23(13-17)29-15-28-20)14-22(19)31-21(24)8-4-7-16-5-2-1-3-6-16/h1-14H,15H2. The average molecular weight is 412 g/mol. The summed E-state index contributed by atoms with van der Waals surface area (Å²) in [6.45, 7) is 0.125. The number of esters is 1. The molecule has 0 bridgehead atoms. The Hall–Kier alpha value is -4.32. The fourth-order valence-electron chi connectivity index (χ4n) is 3.25. The molecule has 0 aromatic heterocycles. The van der Waals surface area contributed by atoms with Gasteiger partial charge in [0.05, 0.1) is 11.1 Å². The number of Topliss-reactive ketones (excluding diaryl/α,β-unsaturated/α-hetero) is 1. The van der Waals surface area contributed by atoms with Crippen molar-refractivity contribution >= 4 is 17.8 Å². The number of fused-ring (bicyclic) bond motifs is 2. The zero-order chi connectivity index (χ0) is 21.2. The summed E-state index contributed by atoms with van der Waals surface area (Å²) in [6, 6.07) is 19.2. The third-order valence-corrected chi connectivity index (χ3v) is 4.80. The van der Waals surface area contributed by atoms with Crippen molar-refractivity contribution in [3.63, 3.8) is 0 Å². The zero-order valence-corrected chi connectivity index (χ0v) is 16.2. The quantitative estimate of drug-likeness (QED) is 0.348. The number of hydrogen-bond acceptors (Lipinski definition) is 6. The maximum absolute atomic E-state index is 12.5. The van der Waals surface area contributed by atoms with Gasteiger partial charge in [-0.3, -0.25) is 4.79 Å². The number of benzene rings is 3. The van der Waals surface area contributed by atoms with Crippen molar-refractivity contribution in [2.24, 2.45) is 0 Å². The first kappa shape index (κ1) is 18.7. The Morgan fingerprint density at radius 3 is 2.61 bits per heavy atom. The molecule has 0 spiro atoms. The van der Waals surface area contributed by atoms with E-state index in [0.29, 0.717) is 28.4 Å². The first-order valence-corrected chi connectivity index (χ1v) is 9.59.